The van der Waals surface area contributed by atoms with Crippen molar-refractivity contribution in [3.8, 4) is 0 Å². The number of piperidine rings is 1. The van der Waals surface area contributed by atoms with E-state index in [1.807, 2.05) is 0 Å². The molecule has 0 bridgehead atoms. The summed E-state index contributed by atoms with van der Waals surface area (Å²) >= 11 is 0. The second-order valence-corrected chi connectivity index (χ2v) is 12.4. The summed E-state index contributed by atoms with van der Waals surface area (Å²) in [4.78, 5) is 105. The van der Waals surface area contributed by atoms with Crippen LogP contribution in [0.3, 0.4) is 0 Å². The van der Waals surface area contributed by atoms with E-state index in [9.17, 15) is 38.4 Å². The van der Waals surface area contributed by atoms with Crippen molar-refractivity contribution in [3.63, 3.8) is 0 Å². The molecule has 0 spiro atoms. The van der Waals surface area contributed by atoms with Crippen LogP contribution in [0, 0.1) is 0 Å². The van der Waals surface area contributed by atoms with Gasteiger partial charge in [0.05, 0.1) is 28.3 Å². The maximum Gasteiger partial charge on any atom is 0.264 e. The average Bonchev–Trinajstić information content (AvgIpc) is 3.51. The number of imide groups is 3. The first-order valence-corrected chi connectivity index (χ1v) is 16.4. The molecule has 2 saturated heterocycles. The summed E-state index contributed by atoms with van der Waals surface area (Å²) in [5, 5.41) is 8.78. The van der Waals surface area contributed by atoms with Crippen LogP contribution >= 0.6 is 0 Å². The van der Waals surface area contributed by atoms with E-state index in [0.717, 1.165) is 36.0 Å². The lowest BCUT2D eigenvalue weighted by Gasteiger charge is -2.34. The van der Waals surface area contributed by atoms with Crippen molar-refractivity contribution in [2.24, 2.45) is 0 Å². The molecular formula is C34H37N7O8. The Morgan fingerprint density at radius 2 is 1.33 bits per heavy atom. The number of nitrogens with one attached hydrogen (secondary N) is 3. The summed E-state index contributed by atoms with van der Waals surface area (Å²) in [6, 6.07) is 7.98. The zero-order valence-electron chi connectivity index (χ0n) is 26.8. The van der Waals surface area contributed by atoms with E-state index in [-0.39, 0.29) is 47.9 Å². The highest BCUT2D eigenvalue weighted by Gasteiger charge is 2.46. The largest absolute Gasteiger partial charge is 0.383 e. The van der Waals surface area contributed by atoms with Gasteiger partial charge in [0, 0.05) is 76.6 Å². The molecule has 0 aromatic heterocycles. The number of fused-ring (bicyclic) bond motifs is 2. The molecule has 4 aliphatic heterocycles. The lowest BCUT2D eigenvalue weighted by Crippen LogP contribution is -2.54. The van der Waals surface area contributed by atoms with Gasteiger partial charge in [-0.2, -0.15) is 0 Å². The Labute approximate surface area is 281 Å². The van der Waals surface area contributed by atoms with Gasteiger partial charge in [-0.3, -0.25) is 53.7 Å². The number of rotatable bonds is 14. The van der Waals surface area contributed by atoms with E-state index in [1.54, 1.807) is 36.4 Å². The first kappa shape index (κ1) is 33.6. The number of carbonyl (C=O) groups is 8. The number of anilines is 2. The Bertz CT molecular complexity index is 1720. The van der Waals surface area contributed by atoms with Crippen molar-refractivity contribution >= 4 is 59.4 Å². The van der Waals surface area contributed by atoms with Crippen LogP contribution in [-0.4, -0.2) is 132 Å². The monoisotopic (exact) mass is 671 g/mol. The number of amides is 6. The molecule has 2 aromatic rings. The van der Waals surface area contributed by atoms with Crippen LogP contribution in [0.2, 0.25) is 0 Å². The molecule has 6 rings (SSSR count). The van der Waals surface area contributed by atoms with Crippen molar-refractivity contribution in [1.29, 1.82) is 0 Å². The average molecular weight is 672 g/mol. The Morgan fingerprint density at radius 1 is 0.755 bits per heavy atom. The molecule has 0 aliphatic carbocycles. The predicted molar refractivity (Wildman–Crippen MR) is 175 cm³/mol. The Kier molecular flexibility index (Phi) is 9.92. The fourth-order valence-electron chi connectivity index (χ4n) is 6.84. The van der Waals surface area contributed by atoms with Gasteiger partial charge in [-0.25, -0.2) is 0 Å². The highest BCUT2D eigenvalue weighted by Crippen LogP contribution is 2.33. The van der Waals surface area contributed by atoms with Crippen molar-refractivity contribution < 1.29 is 38.4 Å². The standard InChI is InChI=1S/C34H37N7O8/c42-19-3-4-21(20-43)40-31(46)22-5-1-7-24(28(22)33(40)48)35-11-13-38-15-17-39(18-16-38)14-12-36-25-8-2-6-23-29(25)34(49)41(32(23)47)26-9-10-27(44)37-30(26)45/h1-2,5-8,19-21,26,35-36H,3-4,9-18H2,(H,37,44,45). The summed E-state index contributed by atoms with van der Waals surface area (Å²) in [6.07, 6.45) is 1.50. The fraction of sp³-hybridized carbons (Fsp3) is 0.412. The molecule has 4 heterocycles. The van der Waals surface area contributed by atoms with Crippen LogP contribution in [0.25, 0.3) is 0 Å². The second-order valence-electron chi connectivity index (χ2n) is 12.4. The van der Waals surface area contributed by atoms with Gasteiger partial charge in [0.2, 0.25) is 11.8 Å². The number of hydrogen-bond acceptors (Lipinski definition) is 12. The van der Waals surface area contributed by atoms with Gasteiger partial charge >= 0.3 is 0 Å². The summed E-state index contributed by atoms with van der Waals surface area (Å²) in [6.45, 7) is 5.71. The minimum absolute atomic E-state index is 0.0598. The highest BCUT2D eigenvalue weighted by atomic mass is 16.2. The normalized spacial score (nSPS) is 20.3. The third-order valence-corrected chi connectivity index (χ3v) is 9.44. The SMILES string of the molecule is O=CCCC(C=O)N1C(=O)c2cccc(NCCN3CCN(CCNc4cccc5c4C(=O)N(C4CCC(=O)NC4=O)C5=O)CC3)c2C1=O. The van der Waals surface area contributed by atoms with E-state index < -0.39 is 47.5 Å². The van der Waals surface area contributed by atoms with Crippen LogP contribution in [0.4, 0.5) is 11.4 Å². The van der Waals surface area contributed by atoms with Crippen molar-refractivity contribution in [1.82, 2.24) is 24.9 Å². The fourth-order valence-corrected chi connectivity index (χ4v) is 6.84. The molecule has 4 aliphatic rings. The smallest absolute Gasteiger partial charge is 0.264 e. The lowest BCUT2D eigenvalue weighted by molar-refractivity contribution is -0.136. The number of carbonyl (C=O) groups excluding carboxylic acids is 8. The van der Waals surface area contributed by atoms with Crippen molar-refractivity contribution in [3.05, 3.63) is 58.7 Å². The molecule has 2 aromatic carbocycles. The van der Waals surface area contributed by atoms with Crippen molar-refractivity contribution in [2.75, 3.05) is 63.0 Å². The molecule has 2 fully saturated rings. The van der Waals surface area contributed by atoms with Crippen LogP contribution in [0.5, 0.6) is 0 Å². The molecule has 49 heavy (non-hydrogen) atoms. The van der Waals surface area contributed by atoms with E-state index in [2.05, 4.69) is 25.8 Å². The minimum Gasteiger partial charge on any atom is -0.383 e. The van der Waals surface area contributed by atoms with Gasteiger partial charge in [0.1, 0.15) is 18.6 Å². The molecule has 15 heteroatoms. The van der Waals surface area contributed by atoms with Gasteiger partial charge in [-0.15, -0.1) is 0 Å². The molecule has 0 saturated carbocycles. The van der Waals surface area contributed by atoms with Crippen LogP contribution in [-0.2, 0) is 19.2 Å². The second kappa shape index (κ2) is 14.5. The Hall–Kier alpha value is -5.28. The van der Waals surface area contributed by atoms with E-state index in [4.69, 9.17) is 0 Å². The first-order chi connectivity index (χ1) is 23.7. The molecule has 2 atom stereocenters. The first-order valence-electron chi connectivity index (χ1n) is 16.4. The predicted octanol–water partition coefficient (Wildman–Crippen LogP) is 0.372. The molecule has 0 radical (unpaired) electrons. The third-order valence-electron chi connectivity index (χ3n) is 9.44. The number of benzene rings is 2. The minimum atomic E-state index is -1.02. The third kappa shape index (κ3) is 6.58. The highest BCUT2D eigenvalue weighted by molar-refractivity contribution is 6.26. The molecule has 256 valence electrons. The lowest BCUT2D eigenvalue weighted by atomic mass is 10.0. The molecule has 6 amide bonds. The zero-order chi connectivity index (χ0) is 34.7. The topological polar surface area (TPSA) is 186 Å². The number of piperazine rings is 1. The molecular weight excluding hydrogens is 634 g/mol. The number of aldehydes is 2. The summed E-state index contributed by atoms with van der Waals surface area (Å²) in [5.41, 5.74) is 1.98. The summed E-state index contributed by atoms with van der Waals surface area (Å²) in [7, 11) is 0. The van der Waals surface area contributed by atoms with E-state index >= 15 is 0 Å². The molecule has 3 N–H and O–H groups in total. The van der Waals surface area contributed by atoms with Crippen LogP contribution in [0.15, 0.2) is 36.4 Å². The molecule has 2 unspecified atom stereocenters. The Balaban J connectivity index is 0.967. The van der Waals surface area contributed by atoms with Gasteiger partial charge < -0.3 is 20.2 Å². The van der Waals surface area contributed by atoms with Crippen molar-refractivity contribution in [2.45, 2.75) is 37.8 Å². The number of hydrogen-bond donors (Lipinski definition) is 3. The zero-order valence-corrected chi connectivity index (χ0v) is 26.8. The van der Waals surface area contributed by atoms with E-state index in [1.165, 1.54) is 0 Å². The van der Waals surface area contributed by atoms with Gasteiger partial charge in [0.15, 0.2) is 0 Å². The van der Waals surface area contributed by atoms with E-state index in [0.29, 0.717) is 50.1 Å². The maximum absolute atomic E-state index is 13.3. The maximum atomic E-state index is 13.3. The molecule has 15 nitrogen and oxygen atoms in total. The van der Waals surface area contributed by atoms with Gasteiger partial charge in [-0.1, -0.05) is 12.1 Å². The van der Waals surface area contributed by atoms with Crippen LogP contribution < -0.4 is 16.0 Å². The summed E-state index contributed by atoms with van der Waals surface area (Å²) in [5.74, 6) is -3.24. The van der Waals surface area contributed by atoms with Gasteiger partial charge in [-0.05, 0) is 37.1 Å². The Morgan fingerprint density at radius 3 is 1.88 bits per heavy atom. The quantitative estimate of drug-likeness (QED) is 0.186. The number of nitrogens with zero attached hydrogens (tertiary/aromatic N) is 4. The van der Waals surface area contributed by atoms with Gasteiger partial charge in [0.25, 0.3) is 23.6 Å². The summed E-state index contributed by atoms with van der Waals surface area (Å²) < 4.78 is 0. The van der Waals surface area contributed by atoms with Crippen LogP contribution in [0.1, 0.15) is 67.1 Å².